The van der Waals surface area contributed by atoms with Gasteiger partial charge in [-0.3, -0.25) is 4.90 Å². The van der Waals surface area contributed by atoms with Crippen molar-refractivity contribution >= 4 is 39.2 Å². The Morgan fingerprint density at radius 3 is 2.59 bits per heavy atom. The Balaban J connectivity index is 0.00000144. The molecule has 2 aromatic rings. The molecular weight excluding hydrogens is 360 g/mol. The molecule has 1 unspecified atom stereocenters. The van der Waals surface area contributed by atoms with Crippen molar-refractivity contribution in [3.05, 3.63) is 33.9 Å². The molecule has 0 spiro atoms. The zero-order chi connectivity index (χ0) is 14.4. The van der Waals surface area contributed by atoms with Crippen LogP contribution in [0.5, 0.6) is 0 Å². The van der Waals surface area contributed by atoms with Gasteiger partial charge in [0.05, 0.1) is 6.04 Å². The van der Waals surface area contributed by atoms with E-state index < -0.39 is 0 Å². The molecule has 0 saturated carbocycles. The predicted octanol–water partition coefficient (Wildman–Crippen LogP) is 5.45. The molecule has 4 heteroatoms. The number of hydrogen-bond donors (Lipinski definition) is 0. The lowest BCUT2D eigenvalue weighted by atomic mass is 9.96. The second-order valence-electron chi connectivity index (χ2n) is 6.58. The highest BCUT2D eigenvalue weighted by Gasteiger charge is 2.30. The first-order valence-corrected chi connectivity index (χ1v) is 9.07. The van der Waals surface area contributed by atoms with Crippen LogP contribution in [0.4, 0.5) is 0 Å². The molecule has 0 aliphatic carbocycles. The van der Waals surface area contributed by atoms with Crippen LogP contribution in [0.25, 0.3) is 10.9 Å². The molecule has 1 atom stereocenters. The standard InChI is InChI=1S/C18H23BrN2.ClH/c1-13-15-12-14(19)7-8-16(15)21-11-5-6-17(18(13)21)20-9-3-2-4-10-20;/h7-8,12,17H,2-6,9-11H2,1H3;1H. The van der Waals surface area contributed by atoms with Crippen molar-refractivity contribution in [2.24, 2.45) is 0 Å². The van der Waals surface area contributed by atoms with Gasteiger partial charge in [0.25, 0.3) is 0 Å². The van der Waals surface area contributed by atoms with Crippen LogP contribution in [-0.4, -0.2) is 22.6 Å². The number of piperidine rings is 1. The maximum Gasteiger partial charge on any atom is 0.0504 e. The van der Waals surface area contributed by atoms with Crippen molar-refractivity contribution < 1.29 is 0 Å². The fourth-order valence-corrected chi connectivity index (χ4v) is 4.71. The van der Waals surface area contributed by atoms with E-state index in [9.17, 15) is 0 Å². The lowest BCUT2D eigenvalue weighted by molar-refractivity contribution is 0.137. The van der Waals surface area contributed by atoms with E-state index in [1.165, 1.54) is 72.7 Å². The molecule has 1 aromatic heterocycles. The maximum absolute atomic E-state index is 3.63. The molecule has 22 heavy (non-hydrogen) atoms. The molecule has 1 aromatic carbocycles. The van der Waals surface area contributed by atoms with Crippen molar-refractivity contribution in [1.82, 2.24) is 9.47 Å². The molecule has 0 amide bonds. The van der Waals surface area contributed by atoms with Crippen LogP contribution in [-0.2, 0) is 6.54 Å². The van der Waals surface area contributed by atoms with Gasteiger partial charge in [-0.05, 0) is 69.5 Å². The summed E-state index contributed by atoms with van der Waals surface area (Å²) in [6, 6.07) is 7.40. The average Bonchev–Trinajstić information content (AvgIpc) is 2.81. The molecule has 2 nitrogen and oxygen atoms in total. The first kappa shape index (κ1) is 16.4. The molecule has 2 aliphatic heterocycles. The molecule has 3 heterocycles. The largest absolute Gasteiger partial charge is 0.343 e. The summed E-state index contributed by atoms with van der Waals surface area (Å²) in [4.78, 5) is 2.75. The van der Waals surface area contributed by atoms with Crippen LogP contribution in [0, 0.1) is 6.92 Å². The van der Waals surface area contributed by atoms with E-state index in [-0.39, 0.29) is 12.4 Å². The Labute approximate surface area is 147 Å². The second-order valence-corrected chi connectivity index (χ2v) is 7.49. The third kappa shape index (κ3) is 2.61. The van der Waals surface area contributed by atoms with Crippen LogP contribution in [0.3, 0.4) is 0 Å². The number of halogens is 2. The van der Waals surface area contributed by atoms with Gasteiger partial charge in [0, 0.05) is 27.6 Å². The normalized spacial score (nSPS) is 22.4. The number of hydrogen-bond acceptors (Lipinski definition) is 1. The van der Waals surface area contributed by atoms with E-state index in [1.54, 1.807) is 5.69 Å². The van der Waals surface area contributed by atoms with E-state index >= 15 is 0 Å². The van der Waals surface area contributed by atoms with Crippen molar-refractivity contribution in [2.45, 2.75) is 51.6 Å². The molecule has 1 fully saturated rings. The van der Waals surface area contributed by atoms with Crippen LogP contribution >= 0.6 is 28.3 Å². The SMILES string of the molecule is Cc1c2n(c3ccc(Br)cc13)CCCC2N1CCCCC1.Cl. The predicted molar refractivity (Wildman–Crippen MR) is 99.0 cm³/mol. The highest BCUT2D eigenvalue weighted by molar-refractivity contribution is 9.10. The minimum absolute atomic E-state index is 0. The number of aryl methyl sites for hydroxylation is 2. The third-order valence-corrected chi connectivity index (χ3v) is 5.83. The zero-order valence-electron chi connectivity index (χ0n) is 13.1. The van der Waals surface area contributed by atoms with Gasteiger partial charge in [-0.2, -0.15) is 0 Å². The topological polar surface area (TPSA) is 8.17 Å². The first-order chi connectivity index (χ1) is 10.3. The van der Waals surface area contributed by atoms with Crippen molar-refractivity contribution in [1.29, 1.82) is 0 Å². The van der Waals surface area contributed by atoms with E-state index in [1.807, 2.05) is 0 Å². The van der Waals surface area contributed by atoms with E-state index in [0.717, 1.165) is 0 Å². The summed E-state index contributed by atoms with van der Waals surface area (Å²) in [5.74, 6) is 0. The lowest BCUT2D eigenvalue weighted by Crippen LogP contribution is -2.36. The van der Waals surface area contributed by atoms with E-state index in [4.69, 9.17) is 0 Å². The highest BCUT2D eigenvalue weighted by atomic mass is 79.9. The smallest absolute Gasteiger partial charge is 0.0504 e. The quantitative estimate of drug-likeness (QED) is 0.635. The zero-order valence-corrected chi connectivity index (χ0v) is 15.5. The van der Waals surface area contributed by atoms with E-state index in [2.05, 4.69) is 50.5 Å². The van der Waals surface area contributed by atoms with Crippen molar-refractivity contribution in [2.75, 3.05) is 13.1 Å². The van der Waals surface area contributed by atoms with Crippen molar-refractivity contribution in [3.63, 3.8) is 0 Å². The summed E-state index contributed by atoms with van der Waals surface area (Å²) >= 11 is 3.63. The second kappa shape index (κ2) is 6.54. The van der Waals surface area contributed by atoms with Crippen molar-refractivity contribution in [3.8, 4) is 0 Å². The van der Waals surface area contributed by atoms with Gasteiger partial charge in [0.1, 0.15) is 0 Å². The third-order valence-electron chi connectivity index (χ3n) is 5.33. The van der Waals surface area contributed by atoms with Crippen LogP contribution in [0.15, 0.2) is 22.7 Å². The molecule has 0 radical (unpaired) electrons. The molecule has 4 rings (SSSR count). The van der Waals surface area contributed by atoms with Crippen LogP contribution in [0.1, 0.15) is 49.4 Å². The Morgan fingerprint density at radius 1 is 1.05 bits per heavy atom. The molecule has 1 saturated heterocycles. The summed E-state index contributed by atoms with van der Waals surface area (Å²) in [5.41, 5.74) is 4.52. The molecular formula is C18H24BrClN2. The Bertz CT molecular complexity index is 673. The average molecular weight is 384 g/mol. The molecule has 0 bridgehead atoms. The van der Waals surface area contributed by atoms with E-state index in [0.29, 0.717) is 6.04 Å². The Kier molecular flexibility index (Phi) is 4.86. The molecule has 2 aliphatic rings. The Morgan fingerprint density at radius 2 is 1.82 bits per heavy atom. The summed E-state index contributed by atoms with van der Waals surface area (Å²) < 4.78 is 3.79. The fourth-order valence-electron chi connectivity index (χ4n) is 4.35. The molecule has 0 N–H and O–H groups in total. The van der Waals surface area contributed by atoms with Gasteiger partial charge in [-0.25, -0.2) is 0 Å². The fraction of sp³-hybridized carbons (Fsp3) is 0.556. The maximum atomic E-state index is 3.63. The lowest BCUT2D eigenvalue weighted by Gasteiger charge is -2.38. The number of benzene rings is 1. The number of likely N-dealkylation sites (tertiary alicyclic amines) is 1. The van der Waals surface area contributed by atoms with Gasteiger partial charge in [-0.1, -0.05) is 22.4 Å². The summed E-state index contributed by atoms with van der Waals surface area (Å²) in [5, 5.41) is 1.43. The first-order valence-electron chi connectivity index (χ1n) is 8.28. The summed E-state index contributed by atoms with van der Waals surface area (Å²) in [7, 11) is 0. The summed E-state index contributed by atoms with van der Waals surface area (Å²) in [6.45, 7) is 6.08. The number of nitrogens with zero attached hydrogens (tertiary/aromatic N) is 2. The van der Waals surface area contributed by atoms with Gasteiger partial charge in [0.15, 0.2) is 0 Å². The van der Waals surface area contributed by atoms with Crippen LogP contribution < -0.4 is 0 Å². The number of aromatic nitrogens is 1. The number of rotatable bonds is 1. The van der Waals surface area contributed by atoms with Gasteiger partial charge in [0.2, 0.25) is 0 Å². The minimum Gasteiger partial charge on any atom is -0.343 e. The number of fused-ring (bicyclic) bond motifs is 3. The minimum atomic E-state index is 0. The summed E-state index contributed by atoms with van der Waals surface area (Å²) in [6.07, 6.45) is 6.81. The monoisotopic (exact) mass is 382 g/mol. The van der Waals surface area contributed by atoms with Crippen LogP contribution in [0.2, 0.25) is 0 Å². The van der Waals surface area contributed by atoms with Gasteiger partial charge >= 0.3 is 0 Å². The van der Waals surface area contributed by atoms with Gasteiger partial charge in [-0.15, -0.1) is 12.4 Å². The van der Waals surface area contributed by atoms with Gasteiger partial charge < -0.3 is 4.57 Å². The Hall–Kier alpha value is -0.510. The molecule has 120 valence electrons. The highest BCUT2D eigenvalue weighted by Crippen LogP contribution is 2.40.